The molecule has 1 heterocycles. The van der Waals surface area contributed by atoms with Crippen molar-refractivity contribution in [1.29, 1.82) is 0 Å². The summed E-state index contributed by atoms with van der Waals surface area (Å²) in [5, 5.41) is 1.95. The zero-order chi connectivity index (χ0) is 13.0. The Bertz CT molecular complexity index is 854. The number of aromatic nitrogens is 1. The summed E-state index contributed by atoms with van der Waals surface area (Å²) in [4.78, 5) is 17.0. The number of hydrogen-bond donors (Lipinski definition) is 0. The maximum Gasteiger partial charge on any atom is 0.196 e. The van der Waals surface area contributed by atoms with Crippen LogP contribution in [0.2, 0.25) is 0 Å². The summed E-state index contributed by atoms with van der Waals surface area (Å²) in [6, 6.07) is 13.6. The van der Waals surface area contributed by atoms with Gasteiger partial charge in [-0.1, -0.05) is 46.3 Å². The molecule has 0 N–H and O–H groups in total. The van der Waals surface area contributed by atoms with E-state index < -0.39 is 0 Å². The minimum Gasteiger partial charge on any atom is -0.288 e. The van der Waals surface area contributed by atoms with Crippen molar-refractivity contribution in [3.8, 4) is 11.3 Å². The lowest BCUT2D eigenvalue weighted by molar-refractivity contribution is 0.104. The summed E-state index contributed by atoms with van der Waals surface area (Å²) >= 11 is 3.46. The highest BCUT2D eigenvalue weighted by atomic mass is 79.9. The monoisotopic (exact) mass is 309 g/mol. The molecule has 0 amide bonds. The van der Waals surface area contributed by atoms with Gasteiger partial charge in [0.25, 0.3) is 0 Å². The van der Waals surface area contributed by atoms with Gasteiger partial charge < -0.3 is 0 Å². The van der Waals surface area contributed by atoms with Crippen molar-refractivity contribution in [2.75, 3.05) is 0 Å². The van der Waals surface area contributed by atoms with Gasteiger partial charge in [-0.3, -0.25) is 9.78 Å². The number of nitrogens with zero attached hydrogens (tertiary/aromatic N) is 1. The van der Waals surface area contributed by atoms with Gasteiger partial charge in [-0.15, -0.1) is 0 Å². The third kappa shape index (κ3) is 1.42. The molecule has 1 aromatic heterocycles. The van der Waals surface area contributed by atoms with E-state index in [1.807, 2.05) is 48.7 Å². The molecule has 0 saturated carbocycles. The van der Waals surface area contributed by atoms with Gasteiger partial charge in [-0.2, -0.15) is 0 Å². The average molecular weight is 310 g/mol. The molecule has 4 rings (SSSR count). The van der Waals surface area contributed by atoms with Crippen molar-refractivity contribution in [2.24, 2.45) is 0 Å². The number of carbonyl (C=O) groups is 1. The van der Waals surface area contributed by atoms with E-state index in [2.05, 4.69) is 20.9 Å². The number of pyridine rings is 1. The molecule has 0 bridgehead atoms. The standard InChI is InChI=1S/C16H8BrNO/c17-10-6-5-9-8-18-15-11-3-1-2-4-12(11)16(19)14(15)13(9)7-10/h1-8H. The van der Waals surface area contributed by atoms with Crippen LogP contribution in [0.15, 0.2) is 53.1 Å². The molecule has 19 heavy (non-hydrogen) atoms. The zero-order valence-corrected chi connectivity index (χ0v) is 11.4. The Morgan fingerprint density at radius 2 is 1.79 bits per heavy atom. The summed E-state index contributed by atoms with van der Waals surface area (Å²) in [5.41, 5.74) is 3.20. The van der Waals surface area contributed by atoms with Crippen LogP contribution in [0.1, 0.15) is 15.9 Å². The quantitative estimate of drug-likeness (QED) is 0.487. The molecule has 0 saturated heterocycles. The van der Waals surface area contributed by atoms with Crippen LogP contribution < -0.4 is 0 Å². The van der Waals surface area contributed by atoms with Crippen LogP contribution >= 0.6 is 15.9 Å². The van der Waals surface area contributed by atoms with Crippen LogP contribution in [-0.4, -0.2) is 10.8 Å². The predicted octanol–water partition coefficient (Wildman–Crippen LogP) is 4.21. The van der Waals surface area contributed by atoms with E-state index in [9.17, 15) is 4.79 Å². The molecule has 90 valence electrons. The molecule has 0 spiro atoms. The van der Waals surface area contributed by atoms with Crippen molar-refractivity contribution < 1.29 is 4.79 Å². The summed E-state index contributed by atoms with van der Waals surface area (Å²) in [6.45, 7) is 0. The topological polar surface area (TPSA) is 30.0 Å². The molecule has 0 unspecified atom stereocenters. The van der Waals surface area contributed by atoms with Crippen molar-refractivity contribution in [3.63, 3.8) is 0 Å². The van der Waals surface area contributed by atoms with E-state index in [0.717, 1.165) is 37.6 Å². The number of ketones is 1. The molecule has 1 aliphatic carbocycles. The highest BCUT2D eigenvalue weighted by molar-refractivity contribution is 9.10. The predicted molar refractivity (Wildman–Crippen MR) is 78.3 cm³/mol. The van der Waals surface area contributed by atoms with Crippen molar-refractivity contribution >= 4 is 32.5 Å². The molecular weight excluding hydrogens is 302 g/mol. The van der Waals surface area contributed by atoms with Crippen molar-refractivity contribution in [1.82, 2.24) is 4.98 Å². The summed E-state index contributed by atoms with van der Waals surface area (Å²) in [5.74, 6) is 0.0711. The van der Waals surface area contributed by atoms with Gasteiger partial charge in [0.2, 0.25) is 0 Å². The number of halogens is 1. The molecule has 3 heteroatoms. The first-order chi connectivity index (χ1) is 9.25. The third-order valence-corrected chi connectivity index (χ3v) is 4.00. The largest absolute Gasteiger partial charge is 0.288 e. The Morgan fingerprint density at radius 1 is 1.00 bits per heavy atom. The highest BCUT2D eigenvalue weighted by Gasteiger charge is 2.29. The van der Waals surface area contributed by atoms with Gasteiger partial charge in [-0.25, -0.2) is 0 Å². The van der Waals surface area contributed by atoms with Gasteiger partial charge in [0.05, 0.1) is 11.3 Å². The van der Waals surface area contributed by atoms with E-state index in [-0.39, 0.29) is 5.78 Å². The molecule has 3 aromatic rings. The number of hydrogen-bond acceptors (Lipinski definition) is 2. The SMILES string of the molecule is O=C1c2ccccc2-c2ncc3ccc(Br)cc3c21. The second-order valence-electron chi connectivity index (χ2n) is 4.59. The molecule has 0 radical (unpaired) electrons. The fourth-order valence-corrected chi connectivity index (χ4v) is 3.00. The summed E-state index contributed by atoms with van der Waals surface area (Å²) in [6.07, 6.45) is 1.83. The molecule has 0 aliphatic heterocycles. The smallest absolute Gasteiger partial charge is 0.196 e. The fourth-order valence-electron chi connectivity index (χ4n) is 2.64. The van der Waals surface area contributed by atoms with Crippen molar-refractivity contribution in [2.45, 2.75) is 0 Å². The maximum absolute atomic E-state index is 12.6. The fraction of sp³-hybridized carbons (Fsp3) is 0. The molecule has 2 nitrogen and oxygen atoms in total. The minimum atomic E-state index is 0.0711. The van der Waals surface area contributed by atoms with Gasteiger partial charge in [0, 0.05) is 27.2 Å². The van der Waals surface area contributed by atoms with E-state index >= 15 is 0 Å². The maximum atomic E-state index is 12.6. The highest BCUT2D eigenvalue weighted by Crippen LogP contribution is 2.39. The Hall–Kier alpha value is -2.00. The summed E-state index contributed by atoms with van der Waals surface area (Å²) < 4.78 is 0.970. The van der Waals surface area contributed by atoms with E-state index in [4.69, 9.17) is 0 Å². The van der Waals surface area contributed by atoms with Gasteiger partial charge in [0.1, 0.15) is 0 Å². The van der Waals surface area contributed by atoms with Crippen LogP contribution in [0.25, 0.3) is 22.0 Å². The van der Waals surface area contributed by atoms with Gasteiger partial charge >= 0.3 is 0 Å². The van der Waals surface area contributed by atoms with Crippen LogP contribution in [0.4, 0.5) is 0 Å². The summed E-state index contributed by atoms with van der Waals surface area (Å²) in [7, 11) is 0. The van der Waals surface area contributed by atoms with Crippen molar-refractivity contribution in [3.05, 3.63) is 64.3 Å². The second-order valence-corrected chi connectivity index (χ2v) is 5.50. The molecular formula is C16H8BrNO. The lowest BCUT2D eigenvalue weighted by atomic mass is 10.0. The van der Waals surface area contributed by atoms with Gasteiger partial charge in [0.15, 0.2) is 5.78 Å². The number of benzene rings is 2. The van der Waals surface area contributed by atoms with Crippen LogP contribution in [-0.2, 0) is 0 Å². The van der Waals surface area contributed by atoms with Crippen LogP contribution in [0, 0.1) is 0 Å². The first-order valence-corrected chi connectivity index (χ1v) is 6.77. The third-order valence-electron chi connectivity index (χ3n) is 3.51. The molecule has 2 aromatic carbocycles. The second kappa shape index (κ2) is 3.75. The average Bonchev–Trinajstić information content (AvgIpc) is 2.73. The molecule has 1 aliphatic rings. The van der Waals surface area contributed by atoms with Crippen LogP contribution in [0.5, 0.6) is 0 Å². The molecule has 0 atom stereocenters. The lowest BCUT2D eigenvalue weighted by Gasteiger charge is -2.04. The Kier molecular flexibility index (Phi) is 2.15. The zero-order valence-electron chi connectivity index (χ0n) is 9.85. The Morgan fingerprint density at radius 3 is 2.63 bits per heavy atom. The first kappa shape index (κ1) is 10.9. The number of rotatable bonds is 0. The minimum absolute atomic E-state index is 0.0711. The normalized spacial score (nSPS) is 12.6. The van der Waals surface area contributed by atoms with E-state index in [1.165, 1.54) is 0 Å². The Balaban J connectivity index is 2.17. The first-order valence-electron chi connectivity index (χ1n) is 5.98. The van der Waals surface area contributed by atoms with Crippen LogP contribution in [0.3, 0.4) is 0 Å². The van der Waals surface area contributed by atoms with E-state index in [1.54, 1.807) is 0 Å². The van der Waals surface area contributed by atoms with Gasteiger partial charge in [-0.05, 0) is 17.5 Å². The number of fused-ring (bicyclic) bond motifs is 5. The lowest BCUT2D eigenvalue weighted by Crippen LogP contribution is -1.97. The molecule has 0 fully saturated rings. The van der Waals surface area contributed by atoms with E-state index in [0.29, 0.717) is 0 Å². The number of carbonyl (C=O) groups excluding carboxylic acids is 1. The Labute approximate surface area is 118 Å².